The van der Waals surface area contributed by atoms with Crippen LogP contribution in [-0.2, 0) is 6.54 Å². The zero-order chi connectivity index (χ0) is 16.5. The number of hydrogen-bond acceptors (Lipinski definition) is 3. The van der Waals surface area contributed by atoms with E-state index >= 15 is 0 Å². The number of benzene rings is 1. The molecule has 5 heteroatoms. The summed E-state index contributed by atoms with van der Waals surface area (Å²) in [6.45, 7) is 5.37. The normalized spacial score (nSPS) is 12.6. The molecule has 0 saturated carbocycles. The van der Waals surface area contributed by atoms with Crippen LogP contribution in [0.15, 0.2) is 53.7 Å². The van der Waals surface area contributed by atoms with E-state index in [1.54, 1.807) is 13.2 Å². The molecule has 2 aromatic rings. The molecule has 2 N–H and O–H groups in total. The number of aromatic nitrogens is 1. The number of guanidine groups is 1. The topological polar surface area (TPSA) is 58.5 Å². The van der Waals surface area contributed by atoms with Crippen LogP contribution in [0, 0.1) is 6.92 Å². The van der Waals surface area contributed by atoms with Crippen molar-refractivity contribution >= 4 is 5.96 Å². The molecule has 0 spiro atoms. The molecule has 23 heavy (non-hydrogen) atoms. The number of nitrogens with zero attached hydrogens (tertiary/aromatic N) is 2. The van der Waals surface area contributed by atoms with Crippen LogP contribution in [0.2, 0.25) is 0 Å². The minimum atomic E-state index is 0.0319. The summed E-state index contributed by atoms with van der Waals surface area (Å²) in [4.78, 5) is 8.49. The van der Waals surface area contributed by atoms with Crippen molar-refractivity contribution in [2.24, 2.45) is 4.99 Å². The Labute approximate surface area is 137 Å². The molecule has 0 amide bonds. The SMILES string of the molecule is CN=C(NCc1ccccn1)NCC(C)Oc1ccccc1C. The van der Waals surface area contributed by atoms with Gasteiger partial charge in [-0.3, -0.25) is 9.98 Å². The largest absolute Gasteiger partial charge is 0.489 e. The van der Waals surface area contributed by atoms with Gasteiger partial charge < -0.3 is 15.4 Å². The summed E-state index contributed by atoms with van der Waals surface area (Å²) in [6.07, 6.45) is 1.81. The maximum Gasteiger partial charge on any atom is 0.191 e. The van der Waals surface area contributed by atoms with Gasteiger partial charge in [-0.1, -0.05) is 24.3 Å². The van der Waals surface area contributed by atoms with Gasteiger partial charge in [0.25, 0.3) is 0 Å². The molecule has 2 rings (SSSR count). The van der Waals surface area contributed by atoms with Crippen molar-refractivity contribution in [3.05, 3.63) is 59.9 Å². The number of rotatable bonds is 6. The van der Waals surface area contributed by atoms with Crippen LogP contribution >= 0.6 is 0 Å². The molecule has 0 aliphatic heterocycles. The van der Waals surface area contributed by atoms with Crippen molar-refractivity contribution in [3.8, 4) is 5.75 Å². The van der Waals surface area contributed by atoms with Gasteiger partial charge in [-0.25, -0.2) is 0 Å². The molecule has 0 bridgehead atoms. The zero-order valence-corrected chi connectivity index (χ0v) is 13.9. The van der Waals surface area contributed by atoms with Gasteiger partial charge in [0.1, 0.15) is 11.9 Å². The van der Waals surface area contributed by atoms with Crippen molar-refractivity contribution in [1.82, 2.24) is 15.6 Å². The second-order valence-electron chi connectivity index (χ2n) is 5.32. The molecule has 1 aromatic carbocycles. The van der Waals surface area contributed by atoms with Crippen LogP contribution in [0.25, 0.3) is 0 Å². The van der Waals surface area contributed by atoms with E-state index in [0.717, 1.165) is 23.0 Å². The minimum Gasteiger partial charge on any atom is -0.489 e. The summed E-state index contributed by atoms with van der Waals surface area (Å²) in [5.74, 6) is 1.65. The Morgan fingerprint density at radius 3 is 2.65 bits per heavy atom. The standard InChI is InChI=1S/C18H24N4O/c1-14-8-4-5-10-17(14)23-15(2)12-21-18(19-3)22-13-16-9-6-7-11-20-16/h4-11,15H,12-13H2,1-3H3,(H2,19,21,22). The van der Waals surface area contributed by atoms with Crippen LogP contribution in [-0.4, -0.2) is 30.6 Å². The van der Waals surface area contributed by atoms with E-state index in [4.69, 9.17) is 4.74 Å². The number of pyridine rings is 1. The number of nitrogens with one attached hydrogen (secondary N) is 2. The summed E-state index contributed by atoms with van der Waals surface area (Å²) in [7, 11) is 1.75. The van der Waals surface area contributed by atoms with E-state index in [9.17, 15) is 0 Å². The first-order chi connectivity index (χ1) is 11.2. The van der Waals surface area contributed by atoms with Crippen LogP contribution in [0.1, 0.15) is 18.2 Å². The lowest BCUT2D eigenvalue weighted by atomic mass is 10.2. The fourth-order valence-corrected chi connectivity index (χ4v) is 2.09. The molecular weight excluding hydrogens is 288 g/mol. The molecule has 0 radical (unpaired) electrons. The van der Waals surface area contributed by atoms with Crippen LogP contribution in [0.4, 0.5) is 0 Å². The summed E-state index contributed by atoms with van der Waals surface area (Å²) in [5, 5.41) is 6.50. The van der Waals surface area contributed by atoms with Crippen LogP contribution < -0.4 is 15.4 Å². The van der Waals surface area contributed by atoms with E-state index in [-0.39, 0.29) is 6.10 Å². The lowest BCUT2D eigenvalue weighted by Crippen LogP contribution is -2.41. The van der Waals surface area contributed by atoms with Gasteiger partial charge in [-0.15, -0.1) is 0 Å². The van der Waals surface area contributed by atoms with Crippen LogP contribution in [0.5, 0.6) is 5.75 Å². The molecule has 1 heterocycles. The second kappa shape index (κ2) is 8.78. The predicted molar refractivity (Wildman–Crippen MR) is 93.7 cm³/mol. The molecule has 0 saturated heterocycles. The van der Waals surface area contributed by atoms with Gasteiger partial charge >= 0.3 is 0 Å². The first-order valence-electron chi connectivity index (χ1n) is 7.75. The highest BCUT2D eigenvalue weighted by Gasteiger charge is 2.07. The molecule has 0 aliphatic rings. The number of para-hydroxylation sites is 1. The highest BCUT2D eigenvalue weighted by atomic mass is 16.5. The van der Waals surface area contributed by atoms with Gasteiger partial charge in [0.15, 0.2) is 5.96 Å². The minimum absolute atomic E-state index is 0.0319. The highest BCUT2D eigenvalue weighted by Crippen LogP contribution is 2.17. The average molecular weight is 312 g/mol. The Morgan fingerprint density at radius 2 is 1.96 bits per heavy atom. The number of aryl methyl sites for hydroxylation is 1. The number of ether oxygens (including phenoxy) is 1. The monoisotopic (exact) mass is 312 g/mol. The number of aliphatic imine (C=N–C) groups is 1. The van der Waals surface area contributed by atoms with E-state index in [2.05, 4.69) is 20.6 Å². The third-order valence-corrected chi connectivity index (χ3v) is 3.37. The summed E-state index contributed by atoms with van der Waals surface area (Å²) < 4.78 is 5.95. The van der Waals surface area contributed by atoms with Crippen LogP contribution in [0.3, 0.4) is 0 Å². The van der Waals surface area contributed by atoms with E-state index < -0.39 is 0 Å². The Kier molecular flexibility index (Phi) is 6.41. The van der Waals surface area contributed by atoms with Crippen molar-refractivity contribution < 1.29 is 4.74 Å². The smallest absolute Gasteiger partial charge is 0.191 e. The summed E-state index contributed by atoms with van der Waals surface area (Å²) >= 11 is 0. The van der Waals surface area contributed by atoms with Crippen molar-refractivity contribution in [3.63, 3.8) is 0 Å². The Hall–Kier alpha value is -2.56. The quantitative estimate of drug-likeness (QED) is 0.636. The molecule has 1 aromatic heterocycles. The fourth-order valence-electron chi connectivity index (χ4n) is 2.09. The molecule has 1 atom stereocenters. The Bertz CT molecular complexity index is 628. The first kappa shape index (κ1) is 16.8. The van der Waals surface area contributed by atoms with Gasteiger partial charge in [0.05, 0.1) is 18.8 Å². The molecule has 5 nitrogen and oxygen atoms in total. The maximum absolute atomic E-state index is 5.95. The third-order valence-electron chi connectivity index (χ3n) is 3.37. The molecule has 122 valence electrons. The Morgan fingerprint density at radius 1 is 1.17 bits per heavy atom. The van der Waals surface area contributed by atoms with Gasteiger partial charge in [-0.2, -0.15) is 0 Å². The van der Waals surface area contributed by atoms with E-state index in [1.807, 2.05) is 56.3 Å². The van der Waals surface area contributed by atoms with E-state index in [0.29, 0.717) is 13.1 Å². The number of hydrogen-bond donors (Lipinski definition) is 2. The lowest BCUT2D eigenvalue weighted by molar-refractivity contribution is 0.222. The summed E-state index contributed by atoms with van der Waals surface area (Å²) in [5.41, 5.74) is 2.11. The Balaban J connectivity index is 1.78. The van der Waals surface area contributed by atoms with Gasteiger partial charge in [0.2, 0.25) is 0 Å². The molecule has 0 aliphatic carbocycles. The van der Waals surface area contributed by atoms with Crippen molar-refractivity contribution in [2.75, 3.05) is 13.6 Å². The van der Waals surface area contributed by atoms with Crippen molar-refractivity contribution in [2.45, 2.75) is 26.5 Å². The molecular formula is C18H24N4O. The van der Waals surface area contributed by atoms with Gasteiger partial charge in [0, 0.05) is 13.2 Å². The van der Waals surface area contributed by atoms with Gasteiger partial charge in [-0.05, 0) is 37.6 Å². The lowest BCUT2D eigenvalue weighted by Gasteiger charge is -2.18. The molecule has 0 fully saturated rings. The predicted octanol–water partition coefficient (Wildman–Crippen LogP) is 2.52. The van der Waals surface area contributed by atoms with E-state index in [1.165, 1.54) is 0 Å². The van der Waals surface area contributed by atoms with Crippen molar-refractivity contribution in [1.29, 1.82) is 0 Å². The fraction of sp³-hybridized carbons (Fsp3) is 0.333. The first-order valence-corrected chi connectivity index (χ1v) is 7.75. The maximum atomic E-state index is 5.95. The summed E-state index contributed by atoms with van der Waals surface area (Å²) in [6, 6.07) is 13.9. The zero-order valence-electron chi connectivity index (χ0n) is 13.9. The second-order valence-corrected chi connectivity index (χ2v) is 5.32. The average Bonchev–Trinajstić information content (AvgIpc) is 2.58. The highest BCUT2D eigenvalue weighted by molar-refractivity contribution is 5.79. The molecule has 1 unspecified atom stereocenters. The third kappa shape index (κ3) is 5.62.